The Morgan fingerprint density at radius 1 is 1.15 bits per heavy atom. The smallest absolute Gasteiger partial charge is 0.207 e. The number of nitrogens with two attached hydrogens (primary N) is 1. The van der Waals surface area contributed by atoms with Crippen molar-refractivity contribution in [3.8, 4) is 5.82 Å². The third-order valence-electron chi connectivity index (χ3n) is 4.30. The maximum absolute atomic E-state index is 6.18. The molecule has 3 aromatic rings. The minimum Gasteiger partial charge on any atom is -0.369 e. The molecule has 0 aliphatic heterocycles. The quantitative estimate of drug-likeness (QED) is 0.647. The molecule has 144 valence electrons. The normalized spacial score (nSPS) is 12.9. The molecule has 0 radical (unpaired) electrons. The zero-order chi connectivity index (χ0) is 19.7. The van der Waals surface area contributed by atoms with E-state index >= 15 is 0 Å². The van der Waals surface area contributed by atoms with Crippen LogP contribution in [0.2, 0.25) is 10.0 Å². The lowest BCUT2D eigenvalue weighted by Crippen LogP contribution is -2.36. The van der Waals surface area contributed by atoms with Gasteiger partial charge in [0.1, 0.15) is 18.0 Å². The number of hydrogen-bond acceptors (Lipinski definition) is 6. The number of rotatable bonds is 6. The van der Waals surface area contributed by atoms with Crippen LogP contribution in [0.1, 0.15) is 13.8 Å². The number of benzene rings is 1. The Bertz CT molecular complexity index is 952. The standard InChI is InChI=1S/C18H23Cl2N7/c1-10(2)14(8-26(3)4)24-16-7-17(23-9-22-16)27-15-6-12(20)11(19)5-13(15)25-18(27)21/h5-7,9-10,14H,8H2,1-4H3,(H2,21,25)(H,22,23,24)/t14-/m1/s1. The van der Waals surface area contributed by atoms with Crippen LogP contribution in [0.5, 0.6) is 0 Å². The van der Waals surface area contributed by atoms with E-state index in [1.54, 1.807) is 16.7 Å². The first-order valence-corrected chi connectivity index (χ1v) is 9.38. The van der Waals surface area contributed by atoms with Crippen molar-refractivity contribution in [2.24, 2.45) is 5.92 Å². The van der Waals surface area contributed by atoms with E-state index in [1.807, 2.05) is 6.07 Å². The highest BCUT2D eigenvalue weighted by molar-refractivity contribution is 6.42. The summed E-state index contributed by atoms with van der Waals surface area (Å²) >= 11 is 12.3. The van der Waals surface area contributed by atoms with E-state index in [1.165, 1.54) is 6.33 Å². The fourth-order valence-corrected chi connectivity index (χ4v) is 3.20. The van der Waals surface area contributed by atoms with E-state index in [0.717, 1.165) is 17.9 Å². The van der Waals surface area contributed by atoms with Gasteiger partial charge in [-0.25, -0.2) is 15.0 Å². The third-order valence-corrected chi connectivity index (χ3v) is 5.03. The van der Waals surface area contributed by atoms with Crippen molar-refractivity contribution in [1.29, 1.82) is 0 Å². The highest BCUT2D eigenvalue weighted by atomic mass is 35.5. The van der Waals surface area contributed by atoms with Crippen LogP contribution in [-0.2, 0) is 0 Å². The van der Waals surface area contributed by atoms with E-state index in [4.69, 9.17) is 28.9 Å². The number of halogens is 2. The van der Waals surface area contributed by atoms with Gasteiger partial charge in [0.15, 0.2) is 0 Å². The van der Waals surface area contributed by atoms with Crippen molar-refractivity contribution in [3.63, 3.8) is 0 Å². The first-order valence-electron chi connectivity index (χ1n) is 8.63. The minimum atomic E-state index is 0.243. The fourth-order valence-electron chi connectivity index (χ4n) is 2.89. The van der Waals surface area contributed by atoms with Gasteiger partial charge >= 0.3 is 0 Å². The molecule has 7 nitrogen and oxygen atoms in total. The lowest BCUT2D eigenvalue weighted by Gasteiger charge is -2.26. The molecule has 0 fully saturated rings. The largest absolute Gasteiger partial charge is 0.369 e. The maximum Gasteiger partial charge on any atom is 0.207 e. The van der Waals surface area contributed by atoms with Crippen molar-refractivity contribution in [2.75, 3.05) is 31.7 Å². The van der Waals surface area contributed by atoms with Gasteiger partial charge in [-0.05, 0) is 32.1 Å². The molecule has 0 aliphatic carbocycles. The SMILES string of the molecule is CC(C)[C@@H](CN(C)C)Nc1cc(-n2c(N)nc3cc(Cl)c(Cl)cc32)ncn1. The first kappa shape index (κ1) is 19.7. The molecule has 0 unspecified atom stereocenters. The number of fused-ring (bicyclic) bond motifs is 1. The number of hydrogen-bond donors (Lipinski definition) is 2. The second-order valence-electron chi connectivity index (χ2n) is 7.08. The Labute approximate surface area is 168 Å². The Morgan fingerprint density at radius 3 is 2.52 bits per heavy atom. The van der Waals surface area contributed by atoms with E-state index < -0.39 is 0 Å². The zero-order valence-corrected chi connectivity index (χ0v) is 17.3. The summed E-state index contributed by atoms with van der Waals surface area (Å²) in [5, 5.41) is 4.35. The molecular weight excluding hydrogens is 385 g/mol. The van der Waals surface area contributed by atoms with E-state index in [9.17, 15) is 0 Å². The van der Waals surface area contributed by atoms with Gasteiger partial charge in [-0.1, -0.05) is 37.0 Å². The average molecular weight is 408 g/mol. The predicted molar refractivity (Wildman–Crippen MR) is 112 cm³/mol. The molecule has 1 aromatic carbocycles. The van der Waals surface area contributed by atoms with Crippen molar-refractivity contribution in [1.82, 2.24) is 24.4 Å². The van der Waals surface area contributed by atoms with Crippen LogP contribution in [0, 0.1) is 5.92 Å². The summed E-state index contributed by atoms with van der Waals surface area (Å²) in [7, 11) is 4.10. The van der Waals surface area contributed by atoms with Gasteiger partial charge in [-0.3, -0.25) is 4.57 Å². The van der Waals surface area contributed by atoms with Gasteiger partial charge < -0.3 is 16.0 Å². The summed E-state index contributed by atoms with van der Waals surface area (Å²) in [6, 6.07) is 5.53. The molecule has 0 amide bonds. The second-order valence-corrected chi connectivity index (χ2v) is 7.89. The number of nitrogens with one attached hydrogen (secondary N) is 1. The maximum atomic E-state index is 6.18. The Balaban J connectivity index is 2.00. The summed E-state index contributed by atoms with van der Waals surface area (Å²) in [6.07, 6.45) is 1.51. The highest BCUT2D eigenvalue weighted by Gasteiger charge is 2.17. The highest BCUT2D eigenvalue weighted by Crippen LogP contribution is 2.30. The molecule has 3 N–H and O–H groups in total. The summed E-state index contributed by atoms with van der Waals surface area (Å²) in [4.78, 5) is 15.2. The molecule has 2 heterocycles. The summed E-state index contributed by atoms with van der Waals surface area (Å²) in [6.45, 7) is 5.24. The van der Waals surface area contributed by atoms with Crippen LogP contribution in [0.3, 0.4) is 0 Å². The molecule has 0 saturated heterocycles. The van der Waals surface area contributed by atoms with E-state index in [2.05, 4.69) is 53.1 Å². The number of aromatic nitrogens is 4. The molecule has 3 rings (SSSR count). The van der Waals surface area contributed by atoms with E-state index in [0.29, 0.717) is 33.2 Å². The summed E-state index contributed by atoms with van der Waals surface area (Å²) < 4.78 is 1.74. The topological polar surface area (TPSA) is 84.9 Å². The summed E-state index contributed by atoms with van der Waals surface area (Å²) in [5.41, 5.74) is 7.52. The van der Waals surface area contributed by atoms with Crippen molar-refractivity contribution >= 4 is 46.0 Å². The molecule has 0 spiro atoms. The van der Waals surface area contributed by atoms with Crippen LogP contribution in [0.15, 0.2) is 24.5 Å². The Hall–Kier alpha value is -2.09. The van der Waals surface area contributed by atoms with Crippen LogP contribution in [0.25, 0.3) is 16.9 Å². The van der Waals surface area contributed by atoms with Gasteiger partial charge in [0.25, 0.3) is 0 Å². The second kappa shape index (κ2) is 7.88. The molecular formula is C18H23Cl2N7. The van der Waals surface area contributed by atoms with E-state index in [-0.39, 0.29) is 6.04 Å². The van der Waals surface area contributed by atoms with Gasteiger partial charge in [0.2, 0.25) is 5.95 Å². The van der Waals surface area contributed by atoms with Crippen LogP contribution < -0.4 is 11.1 Å². The van der Waals surface area contributed by atoms with Gasteiger partial charge in [-0.15, -0.1) is 0 Å². The molecule has 0 saturated carbocycles. The number of anilines is 2. The van der Waals surface area contributed by atoms with Crippen molar-refractivity contribution < 1.29 is 0 Å². The average Bonchev–Trinajstić information content (AvgIpc) is 2.89. The van der Waals surface area contributed by atoms with Crippen LogP contribution in [-0.4, -0.2) is 51.1 Å². The predicted octanol–water partition coefficient (Wildman–Crippen LogP) is 3.70. The molecule has 27 heavy (non-hydrogen) atoms. The molecule has 2 aromatic heterocycles. The van der Waals surface area contributed by atoms with Crippen LogP contribution >= 0.6 is 23.2 Å². The lowest BCUT2D eigenvalue weighted by molar-refractivity contribution is 0.344. The molecule has 0 aliphatic rings. The van der Waals surface area contributed by atoms with Crippen molar-refractivity contribution in [2.45, 2.75) is 19.9 Å². The number of nitrogens with zero attached hydrogens (tertiary/aromatic N) is 5. The van der Waals surface area contributed by atoms with Crippen molar-refractivity contribution in [3.05, 3.63) is 34.6 Å². The number of likely N-dealkylation sites (N-methyl/N-ethyl adjacent to an activating group) is 1. The molecule has 9 heteroatoms. The number of nitrogen functional groups attached to an aromatic ring is 1. The number of imidazole rings is 1. The zero-order valence-electron chi connectivity index (χ0n) is 15.7. The summed E-state index contributed by atoms with van der Waals surface area (Å²) in [5.74, 6) is 2.08. The minimum absolute atomic E-state index is 0.243. The third kappa shape index (κ3) is 4.26. The van der Waals surface area contributed by atoms with Gasteiger partial charge in [0, 0.05) is 18.7 Å². The van der Waals surface area contributed by atoms with Gasteiger partial charge in [-0.2, -0.15) is 0 Å². The Kier molecular flexibility index (Phi) is 5.74. The Morgan fingerprint density at radius 2 is 1.85 bits per heavy atom. The molecule has 0 bridgehead atoms. The van der Waals surface area contributed by atoms with Gasteiger partial charge in [0.05, 0.1) is 21.1 Å². The first-order chi connectivity index (χ1) is 12.8. The van der Waals surface area contributed by atoms with Crippen LogP contribution in [0.4, 0.5) is 11.8 Å². The monoisotopic (exact) mass is 407 g/mol. The lowest BCUT2D eigenvalue weighted by atomic mass is 10.0. The fraction of sp³-hybridized carbons (Fsp3) is 0.389. The molecule has 1 atom stereocenters.